The largest absolute Gasteiger partial charge is 0.573 e. The molecule has 2 fully saturated rings. The van der Waals surface area contributed by atoms with Crippen LogP contribution in [0.3, 0.4) is 0 Å². The zero-order valence-electron chi connectivity index (χ0n) is 21.2. The number of alkyl halides is 5. The van der Waals surface area contributed by atoms with Crippen LogP contribution in [-0.4, -0.2) is 19.6 Å². The highest BCUT2D eigenvalue weighted by atomic mass is 19.4. The normalized spacial score (nSPS) is 24.8. The van der Waals surface area contributed by atoms with E-state index in [1.54, 1.807) is 7.11 Å². The SMILES string of the molecule is COc1ccc(C2CCC(/C=C/C3CCC(C(F)(F)Oc4ccc(OC(F)(F)F)c(F)c4)CC3)CC2)cc1. The zero-order chi connectivity index (χ0) is 27.3. The van der Waals surface area contributed by atoms with E-state index in [-0.39, 0.29) is 18.8 Å². The third-order valence-electron chi connectivity index (χ3n) is 7.64. The highest BCUT2D eigenvalue weighted by molar-refractivity contribution is 5.33. The molecule has 0 spiro atoms. The predicted molar refractivity (Wildman–Crippen MR) is 131 cm³/mol. The number of ether oxygens (including phenoxy) is 3. The van der Waals surface area contributed by atoms with Gasteiger partial charge < -0.3 is 14.2 Å². The van der Waals surface area contributed by atoms with Crippen LogP contribution in [0.4, 0.5) is 26.3 Å². The Labute approximate surface area is 218 Å². The number of benzene rings is 2. The summed E-state index contributed by atoms with van der Waals surface area (Å²) in [5, 5.41) is 0. The third kappa shape index (κ3) is 7.60. The summed E-state index contributed by atoms with van der Waals surface area (Å²) in [5.41, 5.74) is 1.34. The van der Waals surface area contributed by atoms with Gasteiger partial charge in [0.2, 0.25) is 0 Å². The van der Waals surface area contributed by atoms with Gasteiger partial charge in [0, 0.05) is 6.07 Å². The first-order valence-electron chi connectivity index (χ1n) is 13.0. The number of methoxy groups -OCH3 is 1. The van der Waals surface area contributed by atoms with Crippen LogP contribution >= 0.6 is 0 Å². The molecule has 2 aliphatic carbocycles. The quantitative estimate of drug-likeness (QED) is 0.246. The molecule has 0 N–H and O–H groups in total. The van der Waals surface area contributed by atoms with Crippen molar-refractivity contribution < 1.29 is 40.6 Å². The van der Waals surface area contributed by atoms with Crippen LogP contribution in [0.2, 0.25) is 0 Å². The Kier molecular flexibility index (Phi) is 8.83. The van der Waals surface area contributed by atoms with E-state index < -0.39 is 35.7 Å². The Balaban J connectivity index is 1.22. The van der Waals surface area contributed by atoms with E-state index in [0.29, 0.717) is 36.8 Å². The summed E-state index contributed by atoms with van der Waals surface area (Å²) in [6, 6.07) is 10.2. The average molecular weight is 543 g/mol. The molecule has 0 radical (unpaired) electrons. The number of hydrogen-bond donors (Lipinski definition) is 0. The van der Waals surface area contributed by atoms with Crippen molar-refractivity contribution in [2.45, 2.75) is 69.8 Å². The molecule has 2 saturated carbocycles. The fourth-order valence-corrected chi connectivity index (χ4v) is 5.48. The van der Waals surface area contributed by atoms with Crippen molar-refractivity contribution >= 4 is 0 Å². The van der Waals surface area contributed by atoms with Crippen LogP contribution in [0.25, 0.3) is 0 Å². The van der Waals surface area contributed by atoms with Gasteiger partial charge >= 0.3 is 12.5 Å². The maximum absolute atomic E-state index is 14.7. The van der Waals surface area contributed by atoms with Gasteiger partial charge in [-0.05, 0) is 98.9 Å². The van der Waals surface area contributed by atoms with E-state index >= 15 is 0 Å². The van der Waals surface area contributed by atoms with Crippen LogP contribution in [0.5, 0.6) is 17.2 Å². The molecular formula is C29H32F6O3. The summed E-state index contributed by atoms with van der Waals surface area (Å²) in [5.74, 6) is -2.02. The second kappa shape index (κ2) is 11.9. The Morgan fingerprint density at radius 2 is 1.26 bits per heavy atom. The van der Waals surface area contributed by atoms with Crippen LogP contribution < -0.4 is 14.2 Å². The summed E-state index contributed by atoms with van der Waals surface area (Å²) < 4.78 is 93.7. The number of halogens is 6. The van der Waals surface area contributed by atoms with E-state index in [1.165, 1.54) is 5.56 Å². The van der Waals surface area contributed by atoms with E-state index in [1.807, 2.05) is 12.1 Å². The molecule has 0 heterocycles. The molecular weight excluding hydrogens is 510 g/mol. The highest BCUT2D eigenvalue weighted by Gasteiger charge is 2.44. The summed E-state index contributed by atoms with van der Waals surface area (Å²) in [7, 11) is 1.66. The van der Waals surface area contributed by atoms with Gasteiger partial charge in [0.05, 0.1) is 13.0 Å². The van der Waals surface area contributed by atoms with Crippen molar-refractivity contribution in [3.63, 3.8) is 0 Å². The number of allylic oxidation sites excluding steroid dienone is 2. The van der Waals surface area contributed by atoms with Crippen molar-refractivity contribution in [2.75, 3.05) is 7.11 Å². The Morgan fingerprint density at radius 1 is 0.711 bits per heavy atom. The van der Waals surface area contributed by atoms with Gasteiger partial charge in [-0.2, -0.15) is 8.78 Å². The predicted octanol–water partition coefficient (Wildman–Crippen LogP) is 9.04. The van der Waals surface area contributed by atoms with Gasteiger partial charge in [-0.15, -0.1) is 13.2 Å². The van der Waals surface area contributed by atoms with Gasteiger partial charge in [0.15, 0.2) is 11.6 Å². The van der Waals surface area contributed by atoms with Crippen molar-refractivity contribution in [3.05, 3.63) is 66.0 Å². The van der Waals surface area contributed by atoms with Gasteiger partial charge in [-0.1, -0.05) is 24.3 Å². The molecule has 0 unspecified atom stereocenters. The van der Waals surface area contributed by atoms with Gasteiger partial charge in [-0.3, -0.25) is 0 Å². The van der Waals surface area contributed by atoms with Gasteiger partial charge in [-0.25, -0.2) is 4.39 Å². The lowest BCUT2D eigenvalue weighted by atomic mass is 9.77. The maximum atomic E-state index is 14.7. The lowest BCUT2D eigenvalue weighted by Gasteiger charge is -2.32. The molecule has 38 heavy (non-hydrogen) atoms. The molecule has 0 saturated heterocycles. The van der Waals surface area contributed by atoms with E-state index in [9.17, 15) is 26.3 Å². The summed E-state index contributed by atoms with van der Waals surface area (Å²) in [6.45, 7) is 0. The minimum Gasteiger partial charge on any atom is -0.497 e. The third-order valence-corrected chi connectivity index (χ3v) is 7.64. The molecule has 4 rings (SSSR count). The molecule has 2 aliphatic rings. The standard InChI is InChI=1S/C29H32F6O3/c1-36-24-14-10-22(11-15-24)21-8-4-19(5-9-21)2-3-20-6-12-23(13-7-20)28(31,32)37-25-16-17-27(26(30)18-25)38-29(33,34)35/h2-3,10-11,14-21,23H,4-9,12-13H2,1H3/b3-2+. The fraction of sp³-hybridized carbons (Fsp3) is 0.517. The van der Waals surface area contributed by atoms with Crippen molar-refractivity contribution in [3.8, 4) is 17.2 Å². The van der Waals surface area contributed by atoms with E-state index in [2.05, 4.69) is 29.0 Å². The average Bonchev–Trinajstić information content (AvgIpc) is 2.89. The lowest BCUT2D eigenvalue weighted by molar-refractivity contribution is -0.275. The van der Waals surface area contributed by atoms with Crippen LogP contribution in [-0.2, 0) is 0 Å². The first-order valence-corrected chi connectivity index (χ1v) is 13.0. The number of hydrogen-bond acceptors (Lipinski definition) is 3. The van der Waals surface area contributed by atoms with Crippen molar-refractivity contribution in [2.24, 2.45) is 17.8 Å². The maximum Gasteiger partial charge on any atom is 0.573 e. The monoisotopic (exact) mass is 542 g/mol. The molecule has 208 valence electrons. The molecule has 0 atom stereocenters. The Morgan fingerprint density at radius 3 is 1.79 bits per heavy atom. The van der Waals surface area contributed by atoms with Crippen LogP contribution in [0, 0.1) is 23.6 Å². The van der Waals surface area contributed by atoms with Gasteiger partial charge in [0.25, 0.3) is 0 Å². The number of rotatable bonds is 8. The topological polar surface area (TPSA) is 27.7 Å². The highest BCUT2D eigenvalue weighted by Crippen LogP contribution is 2.42. The second-order valence-corrected chi connectivity index (χ2v) is 10.2. The van der Waals surface area contributed by atoms with Crippen LogP contribution in [0.15, 0.2) is 54.6 Å². The molecule has 0 aliphatic heterocycles. The second-order valence-electron chi connectivity index (χ2n) is 10.2. The van der Waals surface area contributed by atoms with Crippen molar-refractivity contribution in [1.82, 2.24) is 0 Å². The molecule has 0 aromatic heterocycles. The molecule has 9 heteroatoms. The molecule has 2 aromatic carbocycles. The minimum absolute atomic E-state index is 0.220. The molecule has 0 bridgehead atoms. The molecule has 3 nitrogen and oxygen atoms in total. The van der Waals surface area contributed by atoms with E-state index in [0.717, 1.165) is 37.5 Å². The smallest absolute Gasteiger partial charge is 0.497 e. The zero-order valence-corrected chi connectivity index (χ0v) is 21.2. The van der Waals surface area contributed by atoms with Crippen LogP contribution in [0.1, 0.15) is 62.8 Å². The van der Waals surface area contributed by atoms with Gasteiger partial charge in [0.1, 0.15) is 11.5 Å². The summed E-state index contributed by atoms with van der Waals surface area (Å²) in [6.07, 6.45) is 1.85. The fourth-order valence-electron chi connectivity index (χ4n) is 5.48. The Hall–Kier alpha value is -2.84. The lowest BCUT2D eigenvalue weighted by Crippen LogP contribution is -2.37. The summed E-state index contributed by atoms with van der Waals surface area (Å²) >= 11 is 0. The first kappa shape index (κ1) is 28.2. The Bertz CT molecular complexity index is 1070. The van der Waals surface area contributed by atoms with E-state index in [4.69, 9.17) is 9.47 Å². The summed E-state index contributed by atoms with van der Waals surface area (Å²) in [4.78, 5) is 0. The first-order chi connectivity index (χ1) is 18.0. The minimum atomic E-state index is -5.09. The molecule has 2 aromatic rings. The van der Waals surface area contributed by atoms with Crippen molar-refractivity contribution in [1.29, 1.82) is 0 Å². The molecule has 0 amide bonds.